The molecule has 15 heavy (non-hydrogen) atoms. The van der Waals surface area contributed by atoms with Crippen molar-refractivity contribution in [1.82, 2.24) is 0 Å². The van der Waals surface area contributed by atoms with Crippen molar-refractivity contribution in [3.05, 3.63) is 12.2 Å². The first-order valence-corrected chi connectivity index (χ1v) is 7.06. The van der Waals surface area contributed by atoms with E-state index in [2.05, 4.69) is 26.0 Å². The average Bonchev–Trinajstić information content (AvgIpc) is 2.26. The van der Waals surface area contributed by atoms with Gasteiger partial charge in [-0.25, -0.2) is 0 Å². The van der Waals surface area contributed by atoms with Crippen LogP contribution in [0.15, 0.2) is 12.2 Å². The third-order valence-corrected chi connectivity index (χ3v) is 2.85. The van der Waals surface area contributed by atoms with E-state index in [4.69, 9.17) is 0 Å². The number of allylic oxidation sites excluding steroid dienone is 2. The smallest absolute Gasteiger partial charge is 0.0351 e. The molecule has 90 valence electrons. The summed E-state index contributed by atoms with van der Waals surface area (Å²) in [5, 5.41) is 0. The minimum absolute atomic E-state index is 1.26. The molecule has 0 aliphatic carbocycles. The molecule has 0 bridgehead atoms. The molecule has 0 saturated carbocycles. The standard InChI is InChI=1S/C15H30/c1-3-5-7-9-11-13-15-14-12-10-8-6-4-2/h7,9H,3-6,8,10-15H2,1-2H3. The van der Waals surface area contributed by atoms with Crippen LogP contribution in [0.3, 0.4) is 0 Å². The molecule has 0 aliphatic rings. The Morgan fingerprint density at radius 3 is 1.67 bits per heavy atom. The number of rotatable bonds is 11. The molecule has 0 saturated heterocycles. The van der Waals surface area contributed by atoms with Gasteiger partial charge in [0.05, 0.1) is 0 Å². The molecule has 0 amide bonds. The maximum Gasteiger partial charge on any atom is -0.0351 e. The lowest BCUT2D eigenvalue weighted by molar-refractivity contribution is 0.577. The van der Waals surface area contributed by atoms with E-state index in [0.717, 1.165) is 0 Å². The maximum absolute atomic E-state index is 2.36. The van der Waals surface area contributed by atoms with Crippen molar-refractivity contribution in [1.29, 1.82) is 0 Å². The Hall–Kier alpha value is -0.260. The number of hydrogen-bond donors (Lipinski definition) is 0. The minimum Gasteiger partial charge on any atom is -0.0885 e. The normalized spacial score (nSPS) is 11.3. The van der Waals surface area contributed by atoms with Crippen molar-refractivity contribution >= 4 is 0 Å². The summed E-state index contributed by atoms with van der Waals surface area (Å²) in [5.74, 6) is 0. The van der Waals surface area contributed by atoms with Gasteiger partial charge in [0.1, 0.15) is 0 Å². The topological polar surface area (TPSA) is 0 Å². The Balaban J connectivity index is 2.92. The number of unbranched alkanes of at least 4 members (excludes halogenated alkanes) is 9. The largest absolute Gasteiger partial charge is 0.0885 e. The fourth-order valence-corrected chi connectivity index (χ4v) is 1.80. The predicted octanol–water partition coefficient (Wildman–Crippen LogP) is 5.87. The van der Waals surface area contributed by atoms with Crippen LogP contribution >= 0.6 is 0 Å². The zero-order chi connectivity index (χ0) is 11.2. The third-order valence-electron chi connectivity index (χ3n) is 2.85. The molecular formula is C15H30. The molecule has 0 aromatic rings. The van der Waals surface area contributed by atoms with Gasteiger partial charge >= 0.3 is 0 Å². The van der Waals surface area contributed by atoms with E-state index in [1.165, 1.54) is 70.6 Å². The average molecular weight is 210 g/mol. The molecule has 0 N–H and O–H groups in total. The third kappa shape index (κ3) is 13.7. The Labute approximate surface area is 97.2 Å². The van der Waals surface area contributed by atoms with E-state index in [1.54, 1.807) is 0 Å². The van der Waals surface area contributed by atoms with Gasteiger partial charge in [-0.2, -0.15) is 0 Å². The summed E-state index contributed by atoms with van der Waals surface area (Å²) in [5.41, 5.74) is 0. The second-order valence-corrected chi connectivity index (χ2v) is 4.52. The molecule has 0 heterocycles. The van der Waals surface area contributed by atoms with Crippen LogP contribution in [-0.4, -0.2) is 0 Å². The minimum atomic E-state index is 1.26. The molecule has 0 aromatic heterocycles. The molecule has 0 atom stereocenters. The molecule has 0 nitrogen and oxygen atoms in total. The second-order valence-electron chi connectivity index (χ2n) is 4.52. The van der Waals surface area contributed by atoms with Crippen LogP contribution in [0.2, 0.25) is 0 Å². The van der Waals surface area contributed by atoms with Crippen LogP contribution in [0.25, 0.3) is 0 Å². The lowest BCUT2D eigenvalue weighted by Gasteiger charge is -1.99. The van der Waals surface area contributed by atoms with Crippen LogP contribution in [0, 0.1) is 0 Å². The van der Waals surface area contributed by atoms with Crippen LogP contribution in [-0.2, 0) is 0 Å². The molecule has 0 aromatic carbocycles. The van der Waals surface area contributed by atoms with Gasteiger partial charge in [0.25, 0.3) is 0 Å². The van der Waals surface area contributed by atoms with E-state index in [-0.39, 0.29) is 0 Å². The van der Waals surface area contributed by atoms with Gasteiger partial charge in [-0.15, -0.1) is 0 Å². The second kappa shape index (κ2) is 13.7. The quantitative estimate of drug-likeness (QED) is 0.295. The van der Waals surface area contributed by atoms with Gasteiger partial charge in [-0.3, -0.25) is 0 Å². The van der Waals surface area contributed by atoms with Crippen molar-refractivity contribution in [2.45, 2.75) is 84.5 Å². The van der Waals surface area contributed by atoms with Crippen molar-refractivity contribution in [3.63, 3.8) is 0 Å². The first kappa shape index (κ1) is 14.7. The van der Waals surface area contributed by atoms with Gasteiger partial charge < -0.3 is 0 Å². The SMILES string of the molecule is CCCC=CCCCCCCCCCC. The Morgan fingerprint density at radius 1 is 0.533 bits per heavy atom. The highest BCUT2D eigenvalue weighted by molar-refractivity contribution is 4.80. The summed E-state index contributed by atoms with van der Waals surface area (Å²) < 4.78 is 0. The van der Waals surface area contributed by atoms with Crippen molar-refractivity contribution < 1.29 is 0 Å². The zero-order valence-corrected chi connectivity index (χ0v) is 10.9. The summed E-state index contributed by atoms with van der Waals surface area (Å²) in [6.45, 7) is 4.52. The van der Waals surface area contributed by atoms with Crippen LogP contribution < -0.4 is 0 Å². The fraction of sp³-hybridized carbons (Fsp3) is 0.867. The van der Waals surface area contributed by atoms with Crippen molar-refractivity contribution in [2.75, 3.05) is 0 Å². The zero-order valence-electron chi connectivity index (χ0n) is 10.9. The van der Waals surface area contributed by atoms with Gasteiger partial charge in [0.15, 0.2) is 0 Å². The molecule has 0 heteroatoms. The van der Waals surface area contributed by atoms with Gasteiger partial charge in [-0.05, 0) is 19.3 Å². The van der Waals surface area contributed by atoms with E-state index < -0.39 is 0 Å². The van der Waals surface area contributed by atoms with Gasteiger partial charge in [0.2, 0.25) is 0 Å². The summed E-state index contributed by atoms with van der Waals surface area (Å²) >= 11 is 0. The Bertz CT molecular complexity index is 124. The highest BCUT2D eigenvalue weighted by atomic mass is 14.0. The molecule has 0 rings (SSSR count). The van der Waals surface area contributed by atoms with Gasteiger partial charge in [0, 0.05) is 0 Å². The van der Waals surface area contributed by atoms with E-state index in [1.807, 2.05) is 0 Å². The molecule has 0 unspecified atom stereocenters. The first-order chi connectivity index (χ1) is 7.41. The van der Waals surface area contributed by atoms with E-state index in [0.29, 0.717) is 0 Å². The first-order valence-electron chi connectivity index (χ1n) is 7.06. The lowest BCUT2D eigenvalue weighted by atomic mass is 10.1. The Kier molecular flexibility index (Phi) is 13.5. The lowest BCUT2D eigenvalue weighted by Crippen LogP contribution is -1.79. The van der Waals surface area contributed by atoms with Crippen LogP contribution in [0.4, 0.5) is 0 Å². The van der Waals surface area contributed by atoms with E-state index in [9.17, 15) is 0 Å². The van der Waals surface area contributed by atoms with Crippen molar-refractivity contribution in [2.24, 2.45) is 0 Å². The molecular weight excluding hydrogens is 180 g/mol. The molecule has 0 spiro atoms. The molecule has 0 radical (unpaired) electrons. The van der Waals surface area contributed by atoms with E-state index >= 15 is 0 Å². The highest BCUT2D eigenvalue weighted by Gasteiger charge is 1.90. The molecule has 0 aliphatic heterocycles. The van der Waals surface area contributed by atoms with Crippen LogP contribution in [0.1, 0.15) is 84.5 Å². The monoisotopic (exact) mass is 210 g/mol. The highest BCUT2D eigenvalue weighted by Crippen LogP contribution is 2.09. The summed E-state index contributed by atoms with van der Waals surface area (Å²) in [6.07, 6.45) is 20.0. The van der Waals surface area contributed by atoms with Crippen molar-refractivity contribution in [3.8, 4) is 0 Å². The number of hydrogen-bond acceptors (Lipinski definition) is 0. The summed E-state index contributed by atoms with van der Waals surface area (Å²) in [7, 11) is 0. The fourth-order valence-electron chi connectivity index (χ4n) is 1.80. The predicted molar refractivity (Wildman–Crippen MR) is 71.3 cm³/mol. The van der Waals surface area contributed by atoms with Gasteiger partial charge in [-0.1, -0.05) is 77.4 Å². The van der Waals surface area contributed by atoms with Crippen LogP contribution in [0.5, 0.6) is 0 Å². The summed E-state index contributed by atoms with van der Waals surface area (Å²) in [4.78, 5) is 0. The summed E-state index contributed by atoms with van der Waals surface area (Å²) in [6, 6.07) is 0. The Morgan fingerprint density at radius 2 is 1.07 bits per heavy atom. The molecule has 0 fully saturated rings. The maximum atomic E-state index is 2.36.